The van der Waals surface area contributed by atoms with Crippen molar-refractivity contribution in [3.05, 3.63) is 46.1 Å². The summed E-state index contributed by atoms with van der Waals surface area (Å²) in [4.78, 5) is 4.51. The van der Waals surface area contributed by atoms with Crippen molar-refractivity contribution in [3.8, 4) is 0 Å². The lowest BCUT2D eigenvalue weighted by molar-refractivity contribution is 0.330. The van der Waals surface area contributed by atoms with E-state index in [1.807, 2.05) is 0 Å². The number of hydrogen-bond acceptors (Lipinski definition) is 4. The molecule has 1 aromatic carbocycles. The number of benzene rings is 1. The Bertz CT molecular complexity index is 630. The summed E-state index contributed by atoms with van der Waals surface area (Å²) < 4.78 is 5.40. The first-order valence-electron chi connectivity index (χ1n) is 7.82. The minimum atomic E-state index is -0.0917. The molecule has 0 fully saturated rings. The van der Waals surface area contributed by atoms with Gasteiger partial charge < -0.3 is 9.84 Å². The standard InChI is InChI=1S/C18H27N3O/c1-11-8-12(2)15(13(3)9-11)10-19-14(4)16-20-17(21-22-16)18(5,6)7/h8-9,14,19H,10H2,1-7H3. The molecule has 2 rings (SSSR count). The van der Waals surface area contributed by atoms with E-state index < -0.39 is 0 Å². The number of aryl methyl sites for hydroxylation is 3. The molecular formula is C18H27N3O. The zero-order chi connectivity index (χ0) is 16.5. The molecule has 0 amide bonds. The van der Waals surface area contributed by atoms with Gasteiger partial charge in [0.1, 0.15) is 0 Å². The van der Waals surface area contributed by atoms with Gasteiger partial charge in [0.25, 0.3) is 0 Å². The number of rotatable bonds is 4. The van der Waals surface area contributed by atoms with Gasteiger partial charge in [-0.2, -0.15) is 4.98 Å². The Morgan fingerprint density at radius 2 is 1.73 bits per heavy atom. The average Bonchev–Trinajstić information content (AvgIpc) is 2.86. The van der Waals surface area contributed by atoms with Gasteiger partial charge in [0, 0.05) is 12.0 Å². The van der Waals surface area contributed by atoms with Gasteiger partial charge in [0.05, 0.1) is 6.04 Å². The van der Waals surface area contributed by atoms with Crippen LogP contribution in [0.25, 0.3) is 0 Å². The van der Waals surface area contributed by atoms with Crippen molar-refractivity contribution in [1.29, 1.82) is 0 Å². The second kappa shape index (κ2) is 6.21. The van der Waals surface area contributed by atoms with E-state index in [0.717, 1.165) is 12.4 Å². The van der Waals surface area contributed by atoms with Crippen molar-refractivity contribution in [2.45, 2.75) is 66.5 Å². The van der Waals surface area contributed by atoms with Crippen molar-refractivity contribution in [2.24, 2.45) is 0 Å². The predicted molar refractivity (Wildman–Crippen MR) is 88.9 cm³/mol. The van der Waals surface area contributed by atoms with E-state index in [-0.39, 0.29) is 11.5 Å². The first-order chi connectivity index (χ1) is 10.2. The van der Waals surface area contributed by atoms with Crippen molar-refractivity contribution in [2.75, 3.05) is 0 Å². The number of hydrogen-bond donors (Lipinski definition) is 1. The maximum Gasteiger partial charge on any atom is 0.243 e. The van der Waals surface area contributed by atoms with Crippen molar-refractivity contribution in [3.63, 3.8) is 0 Å². The van der Waals surface area contributed by atoms with Gasteiger partial charge in [-0.3, -0.25) is 0 Å². The summed E-state index contributed by atoms with van der Waals surface area (Å²) in [5.41, 5.74) is 5.19. The molecule has 1 aromatic heterocycles. The van der Waals surface area contributed by atoms with Crippen LogP contribution in [0.3, 0.4) is 0 Å². The summed E-state index contributed by atoms with van der Waals surface area (Å²) in [6.07, 6.45) is 0. The number of nitrogens with zero attached hydrogens (tertiary/aromatic N) is 2. The average molecular weight is 301 g/mol. The van der Waals surface area contributed by atoms with Gasteiger partial charge in [-0.25, -0.2) is 0 Å². The number of nitrogens with one attached hydrogen (secondary N) is 1. The topological polar surface area (TPSA) is 51.0 Å². The fraction of sp³-hybridized carbons (Fsp3) is 0.556. The van der Waals surface area contributed by atoms with Crippen LogP contribution in [-0.4, -0.2) is 10.1 Å². The molecule has 0 aliphatic carbocycles. The molecular weight excluding hydrogens is 274 g/mol. The lowest BCUT2D eigenvalue weighted by atomic mass is 9.96. The first kappa shape index (κ1) is 16.7. The van der Waals surface area contributed by atoms with Crippen LogP contribution < -0.4 is 5.32 Å². The Hall–Kier alpha value is -1.68. The SMILES string of the molecule is Cc1cc(C)c(CNC(C)c2nc(C(C)(C)C)no2)c(C)c1. The Morgan fingerprint density at radius 1 is 1.14 bits per heavy atom. The third kappa shape index (κ3) is 3.74. The third-order valence-electron chi connectivity index (χ3n) is 3.91. The highest BCUT2D eigenvalue weighted by Gasteiger charge is 2.23. The smallest absolute Gasteiger partial charge is 0.243 e. The molecule has 4 heteroatoms. The van der Waals surface area contributed by atoms with E-state index in [1.165, 1.54) is 22.3 Å². The summed E-state index contributed by atoms with van der Waals surface area (Å²) in [7, 11) is 0. The predicted octanol–water partition coefficient (Wildman–Crippen LogP) is 4.14. The molecule has 1 N–H and O–H groups in total. The fourth-order valence-electron chi connectivity index (χ4n) is 2.55. The van der Waals surface area contributed by atoms with E-state index >= 15 is 0 Å². The summed E-state index contributed by atoms with van der Waals surface area (Å²) in [5, 5.41) is 7.57. The minimum absolute atomic E-state index is 0.0312. The highest BCUT2D eigenvalue weighted by molar-refractivity contribution is 5.37. The maximum atomic E-state index is 5.40. The van der Waals surface area contributed by atoms with Crippen molar-refractivity contribution >= 4 is 0 Å². The van der Waals surface area contributed by atoms with E-state index in [2.05, 4.69) is 76.1 Å². The molecule has 0 radical (unpaired) electrons. The molecule has 22 heavy (non-hydrogen) atoms. The normalized spacial score (nSPS) is 13.4. The molecule has 120 valence electrons. The van der Waals surface area contributed by atoms with Crippen LogP contribution in [0.2, 0.25) is 0 Å². The summed E-state index contributed by atoms with van der Waals surface area (Å²) in [6, 6.07) is 4.47. The van der Waals surface area contributed by atoms with Crippen molar-refractivity contribution in [1.82, 2.24) is 15.5 Å². The Labute approximate surface area is 133 Å². The van der Waals surface area contributed by atoms with E-state index in [0.29, 0.717) is 5.89 Å². The van der Waals surface area contributed by atoms with E-state index in [9.17, 15) is 0 Å². The van der Waals surface area contributed by atoms with Gasteiger partial charge in [-0.05, 0) is 44.4 Å². The summed E-state index contributed by atoms with van der Waals surface area (Å²) in [6.45, 7) is 15.5. The van der Waals surface area contributed by atoms with E-state index in [4.69, 9.17) is 4.52 Å². The van der Waals surface area contributed by atoms with Crippen LogP contribution >= 0.6 is 0 Å². The third-order valence-corrected chi connectivity index (χ3v) is 3.91. The highest BCUT2D eigenvalue weighted by Crippen LogP contribution is 2.22. The van der Waals surface area contributed by atoms with Crippen LogP contribution in [0.15, 0.2) is 16.7 Å². The molecule has 0 bridgehead atoms. The largest absolute Gasteiger partial charge is 0.338 e. The summed E-state index contributed by atoms with van der Waals surface area (Å²) in [5.74, 6) is 1.39. The molecule has 1 heterocycles. The Balaban J connectivity index is 2.07. The molecule has 0 saturated heterocycles. The van der Waals surface area contributed by atoms with Crippen LogP contribution in [-0.2, 0) is 12.0 Å². The maximum absolute atomic E-state index is 5.40. The van der Waals surface area contributed by atoms with E-state index in [1.54, 1.807) is 0 Å². The van der Waals surface area contributed by atoms with Gasteiger partial charge in [-0.1, -0.05) is 43.6 Å². The molecule has 0 aliphatic heterocycles. The minimum Gasteiger partial charge on any atom is -0.338 e. The molecule has 0 saturated carbocycles. The van der Waals surface area contributed by atoms with Gasteiger partial charge in [0.15, 0.2) is 5.82 Å². The van der Waals surface area contributed by atoms with Gasteiger partial charge in [-0.15, -0.1) is 0 Å². The second-order valence-corrected chi connectivity index (χ2v) is 7.19. The summed E-state index contributed by atoms with van der Waals surface area (Å²) >= 11 is 0. The second-order valence-electron chi connectivity index (χ2n) is 7.19. The zero-order valence-electron chi connectivity index (χ0n) is 14.7. The first-order valence-corrected chi connectivity index (χ1v) is 7.82. The molecule has 1 atom stereocenters. The van der Waals surface area contributed by atoms with Crippen LogP contribution in [0.5, 0.6) is 0 Å². The zero-order valence-corrected chi connectivity index (χ0v) is 14.7. The molecule has 0 spiro atoms. The quantitative estimate of drug-likeness (QED) is 0.922. The number of aromatic nitrogens is 2. The lowest BCUT2D eigenvalue weighted by Gasteiger charge is -2.15. The molecule has 1 unspecified atom stereocenters. The Kier molecular flexibility index (Phi) is 4.71. The Morgan fingerprint density at radius 3 is 2.23 bits per heavy atom. The van der Waals surface area contributed by atoms with Crippen LogP contribution in [0, 0.1) is 20.8 Å². The monoisotopic (exact) mass is 301 g/mol. The van der Waals surface area contributed by atoms with Crippen molar-refractivity contribution < 1.29 is 4.52 Å². The lowest BCUT2D eigenvalue weighted by Crippen LogP contribution is -2.20. The molecule has 2 aromatic rings. The van der Waals surface area contributed by atoms with Crippen LogP contribution in [0.4, 0.5) is 0 Å². The fourth-order valence-corrected chi connectivity index (χ4v) is 2.55. The van der Waals surface area contributed by atoms with Crippen LogP contribution in [0.1, 0.15) is 67.7 Å². The van der Waals surface area contributed by atoms with Gasteiger partial charge >= 0.3 is 0 Å². The molecule has 4 nitrogen and oxygen atoms in total. The molecule has 0 aliphatic rings. The van der Waals surface area contributed by atoms with Gasteiger partial charge in [0.2, 0.25) is 5.89 Å². The highest BCUT2D eigenvalue weighted by atomic mass is 16.5.